The Hall–Kier alpha value is -3.48. The molecule has 0 aliphatic heterocycles. The van der Waals surface area contributed by atoms with Gasteiger partial charge in [0.1, 0.15) is 22.8 Å². The van der Waals surface area contributed by atoms with Crippen molar-refractivity contribution in [2.24, 2.45) is 0 Å². The van der Waals surface area contributed by atoms with Crippen LogP contribution in [-0.2, 0) is 9.53 Å². The van der Waals surface area contributed by atoms with Gasteiger partial charge in [0.15, 0.2) is 6.61 Å². The van der Waals surface area contributed by atoms with Crippen LogP contribution in [0, 0.1) is 0 Å². The maximum absolute atomic E-state index is 12.6. The minimum absolute atomic E-state index is 0.220. The number of rotatable bonds is 7. The van der Waals surface area contributed by atoms with Crippen molar-refractivity contribution >= 4 is 16.9 Å². The molecule has 1 aromatic heterocycles. The molecule has 0 radical (unpaired) electrons. The largest absolute Gasteiger partial charge is 0.497 e. The first-order valence-electron chi connectivity index (χ1n) is 8.64. The number of hydrogen-bond donors (Lipinski definition) is 0. The van der Waals surface area contributed by atoms with Gasteiger partial charge in [0.25, 0.3) is 0 Å². The zero-order valence-corrected chi connectivity index (χ0v) is 15.8. The monoisotopic (exact) mass is 384 g/mol. The fourth-order valence-corrected chi connectivity index (χ4v) is 2.74. The van der Waals surface area contributed by atoms with Crippen LogP contribution in [0.15, 0.2) is 51.7 Å². The highest BCUT2D eigenvalue weighted by Gasteiger charge is 2.14. The van der Waals surface area contributed by atoms with E-state index in [1.807, 2.05) is 0 Å². The molecular formula is C21H20O7. The Morgan fingerprint density at radius 3 is 2.46 bits per heavy atom. The van der Waals surface area contributed by atoms with E-state index in [1.165, 1.54) is 7.11 Å². The Morgan fingerprint density at radius 2 is 1.75 bits per heavy atom. The van der Waals surface area contributed by atoms with Crippen LogP contribution in [0.1, 0.15) is 6.92 Å². The highest BCUT2D eigenvalue weighted by molar-refractivity contribution is 5.84. The van der Waals surface area contributed by atoms with Crippen LogP contribution in [-0.4, -0.2) is 33.4 Å². The number of carbonyl (C=O) groups is 1. The summed E-state index contributed by atoms with van der Waals surface area (Å²) in [5.74, 6) is 1.06. The van der Waals surface area contributed by atoms with Crippen molar-refractivity contribution in [3.8, 4) is 28.4 Å². The molecule has 0 fully saturated rings. The van der Waals surface area contributed by atoms with Gasteiger partial charge in [0.2, 0.25) is 0 Å². The van der Waals surface area contributed by atoms with Gasteiger partial charge in [0, 0.05) is 17.0 Å². The van der Waals surface area contributed by atoms with Crippen molar-refractivity contribution in [3.05, 3.63) is 52.9 Å². The van der Waals surface area contributed by atoms with Crippen molar-refractivity contribution < 1.29 is 28.2 Å². The smallest absolute Gasteiger partial charge is 0.344 e. The second kappa shape index (κ2) is 8.47. The summed E-state index contributed by atoms with van der Waals surface area (Å²) in [7, 11) is 3.08. The third kappa shape index (κ3) is 4.09. The molecule has 0 saturated carbocycles. The average Bonchev–Trinajstić information content (AvgIpc) is 2.71. The fourth-order valence-electron chi connectivity index (χ4n) is 2.74. The molecule has 0 amide bonds. The minimum atomic E-state index is -0.526. The molecule has 3 rings (SSSR count). The first-order chi connectivity index (χ1) is 13.5. The third-order valence-electron chi connectivity index (χ3n) is 4.07. The van der Waals surface area contributed by atoms with E-state index in [9.17, 15) is 9.59 Å². The minimum Gasteiger partial charge on any atom is -0.497 e. The van der Waals surface area contributed by atoms with Gasteiger partial charge in [0.05, 0.1) is 26.4 Å². The van der Waals surface area contributed by atoms with E-state index >= 15 is 0 Å². The van der Waals surface area contributed by atoms with Crippen molar-refractivity contribution in [1.29, 1.82) is 0 Å². The highest BCUT2D eigenvalue weighted by Crippen LogP contribution is 2.33. The van der Waals surface area contributed by atoms with Crippen LogP contribution < -0.4 is 19.8 Å². The summed E-state index contributed by atoms with van der Waals surface area (Å²) in [6.45, 7) is 1.78. The van der Waals surface area contributed by atoms with Gasteiger partial charge in [-0.25, -0.2) is 9.59 Å². The van der Waals surface area contributed by atoms with Crippen LogP contribution in [0.4, 0.5) is 0 Å². The molecule has 0 unspecified atom stereocenters. The topological polar surface area (TPSA) is 84.2 Å². The van der Waals surface area contributed by atoms with E-state index in [2.05, 4.69) is 0 Å². The second-order valence-electron chi connectivity index (χ2n) is 5.81. The Labute approximate surface area is 161 Å². The van der Waals surface area contributed by atoms with Gasteiger partial charge in [-0.3, -0.25) is 0 Å². The van der Waals surface area contributed by atoms with Gasteiger partial charge >= 0.3 is 11.6 Å². The first kappa shape index (κ1) is 19.3. The Bertz CT molecular complexity index is 1050. The molecule has 7 nitrogen and oxygen atoms in total. The van der Waals surface area contributed by atoms with Crippen LogP contribution in [0.25, 0.3) is 22.1 Å². The molecule has 0 aliphatic rings. The molecule has 146 valence electrons. The Morgan fingerprint density at radius 1 is 0.964 bits per heavy atom. The van der Waals surface area contributed by atoms with Gasteiger partial charge in [-0.1, -0.05) is 0 Å². The summed E-state index contributed by atoms with van der Waals surface area (Å²) >= 11 is 0. The lowest BCUT2D eigenvalue weighted by atomic mass is 10.0. The maximum atomic E-state index is 12.6. The van der Waals surface area contributed by atoms with E-state index < -0.39 is 11.6 Å². The molecule has 1 heterocycles. The molecule has 2 aromatic carbocycles. The van der Waals surface area contributed by atoms with Gasteiger partial charge in [-0.05, 0) is 43.3 Å². The Balaban J connectivity index is 1.97. The van der Waals surface area contributed by atoms with Crippen LogP contribution in [0.5, 0.6) is 17.2 Å². The first-order valence-corrected chi connectivity index (χ1v) is 8.64. The summed E-state index contributed by atoms with van der Waals surface area (Å²) < 4.78 is 26.3. The lowest BCUT2D eigenvalue weighted by Gasteiger charge is -2.11. The van der Waals surface area contributed by atoms with Crippen molar-refractivity contribution in [3.63, 3.8) is 0 Å². The van der Waals surface area contributed by atoms with E-state index in [4.69, 9.17) is 23.4 Å². The standard InChI is InChI=1S/C21H20O7/c1-4-26-20(22)12-27-15-6-5-13-9-17(21(23)28-19(13)11-15)16-10-14(24-2)7-8-18(16)25-3/h5-11H,4,12H2,1-3H3. The number of carbonyl (C=O) groups excluding carboxylic acids is 1. The maximum Gasteiger partial charge on any atom is 0.344 e. The fraction of sp³-hybridized carbons (Fsp3) is 0.238. The lowest BCUT2D eigenvalue weighted by Crippen LogP contribution is -2.14. The van der Waals surface area contributed by atoms with E-state index in [0.717, 1.165) is 0 Å². The third-order valence-corrected chi connectivity index (χ3v) is 4.07. The molecule has 0 atom stereocenters. The van der Waals surface area contributed by atoms with E-state index in [1.54, 1.807) is 56.5 Å². The van der Waals surface area contributed by atoms with Gasteiger partial charge in [-0.15, -0.1) is 0 Å². The Kier molecular flexibility index (Phi) is 5.84. The van der Waals surface area contributed by atoms with Crippen molar-refractivity contribution in [2.75, 3.05) is 27.4 Å². The normalized spacial score (nSPS) is 10.5. The number of esters is 1. The zero-order valence-electron chi connectivity index (χ0n) is 15.8. The molecule has 7 heteroatoms. The summed E-state index contributed by atoms with van der Waals surface area (Å²) in [6.07, 6.45) is 0. The quantitative estimate of drug-likeness (QED) is 0.456. The summed E-state index contributed by atoms with van der Waals surface area (Å²) in [5, 5.41) is 0.697. The van der Waals surface area contributed by atoms with Crippen LogP contribution >= 0.6 is 0 Å². The van der Waals surface area contributed by atoms with E-state index in [-0.39, 0.29) is 13.2 Å². The lowest BCUT2D eigenvalue weighted by molar-refractivity contribution is -0.145. The molecule has 0 aliphatic carbocycles. The summed E-state index contributed by atoms with van der Waals surface area (Å²) in [5.41, 5.74) is 0.738. The number of hydrogen-bond acceptors (Lipinski definition) is 7. The van der Waals surface area contributed by atoms with Gasteiger partial charge in [-0.2, -0.15) is 0 Å². The molecule has 0 spiro atoms. The predicted molar refractivity (Wildman–Crippen MR) is 103 cm³/mol. The molecule has 0 bridgehead atoms. The van der Waals surface area contributed by atoms with Crippen LogP contribution in [0.3, 0.4) is 0 Å². The van der Waals surface area contributed by atoms with Crippen molar-refractivity contribution in [2.45, 2.75) is 6.92 Å². The van der Waals surface area contributed by atoms with Crippen LogP contribution in [0.2, 0.25) is 0 Å². The molecular weight excluding hydrogens is 364 g/mol. The number of fused-ring (bicyclic) bond motifs is 1. The molecule has 0 saturated heterocycles. The highest BCUT2D eigenvalue weighted by atomic mass is 16.6. The average molecular weight is 384 g/mol. The van der Waals surface area contributed by atoms with Crippen molar-refractivity contribution in [1.82, 2.24) is 0 Å². The van der Waals surface area contributed by atoms with E-state index in [0.29, 0.717) is 39.3 Å². The predicted octanol–water partition coefficient (Wildman–Crippen LogP) is 3.42. The second-order valence-corrected chi connectivity index (χ2v) is 5.81. The molecule has 0 N–H and O–H groups in total. The molecule has 28 heavy (non-hydrogen) atoms. The summed E-state index contributed by atoms with van der Waals surface area (Å²) in [4.78, 5) is 24.0. The zero-order chi connectivity index (χ0) is 20.1. The number of benzene rings is 2. The molecule has 3 aromatic rings. The summed E-state index contributed by atoms with van der Waals surface area (Å²) in [6, 6.07) is 11.9. The van der Waals surface area contributed by atoms with Gasteiger partial charge < -0.3 is 23.4 Å². The SMILES string of the molecule is CCOC(=O)COc1ccc2cc(-c3cc(OC)ccc3OC)c(=O)oc2c1. The number of methoxy groups -OCH3 is 2. The number of ether oxygens (including phenoxy) is 4.